The molecule has 0 atom stereocenters. The summed E-state index contributed by atoms with van der Waals surface area (Å²) in [5.41, 5.74) is 1.11. The van der Waals surface area contributed by atoms with E-state index >= 15 is 0 Å². The maximum atomic E-state index is 12.9. The molecule has 7 heteroatoms. The molecule has 0 aliphatic carbocycles. The van der Waals surface area contributed by atoms with E-state index in [0.717, 1.165) is 11.1 Å². The first kappa shape index (κ1) is 17.0. The van der Waals surface area contributed by atoms with Gasteiger partial charge in [0.05, 0.1) is 16.8 Å². The number of hydrogen-bond donors (Lipinski definition) is 1. The van der Waals surface area contributed by atoms with Crippen LogP contribution in [0.2, 0.25) is 0 Å². The summed E-state index contributed by atoms with van der Waals surface area (Å²) in [5, 5.41) is 7.93. The van der Waals surface area contributed by atoms with Crippen molar-refractivity contribution in [2.45, 2.75) is 12.8 Å². The molecule has 1 aliphatic heterocycles. The summed E-state index contributed by atoms with van der Waals surface area (Å²) in [6.45, 7) is 0.632. The van der Waals surface area contributed by atoms with E-state index in [1.54, 1.807) is 41.3 Å². The number of hydrogen-bond acceptors (Lipinski definition) is 4. The predicted octanol–water partition coefficient (Wildman–Crippen LogP) is 2.31. The summed E-state index contributed by atoms with van der Waals surface area (Å²) >= 11 is 0. The van der Waals surface area contributed by atoms with Gasteiger partial charge >= 0.3 is 0 Å². The van der Waals surface area contributed by atoms with Crippen molar-refractivity contribution in [1.82, 2.24) is 9.78 Å². The van der Waals surface area contributed by atoms with Crippen LogP contribution in [-0.4, -0.2) is 28.1 Å². The predicted molar refractivity (Wildman–Crippen MR) is 103 cm³/mol. The second-order valence-corrected chi connectivity index (χ2v) is 6.44. The number of rotatable bonds is 3. The van der Waals surface area contributed by atoms with E-state index in [4.69, 9.17) is 0 Å². The molecule has 1 saturated heterocycles. The lowest BCUT2D eigenvalue weighted by Gasteiger charge is -2.20. The van der Waals surface area contributed by atoms with Crippen LogP contribution in [0, 0.1) is 0 Å². The van der Waals surface area contributed by atoms with Crippen LogP contribution in [-0.2, 0) is 11.8 Å². The zero-order valence-corrected chi connectivity index (χ0v) is 14.8. The fourth-order valence-electron chi connectivity index (χ4n) is 3.37. The van der Waals surface area contributed by atoms with E-state index in [0.29, 0.717) is 35.1 Å². The molecule has 0 spiro atoms. The normalized spacial score (nSPS) is 14.0. The molecule has 0 radical (unpaired) electrons. The molecule has 3 aromatic rings. The number of anilines is 2. The molecule has 1 aromatic heterocycles. The topological polar surface area (TPSA) is 84.3 Å². The van der Waals surface area contributed by atoms with E-state index in [2.05, 4.69) is 10.4 Å². The molecule has 136 valence electrons. The number of amides is 2. The van der Waals surface area contributed by atoms with Gasteiger partial charge in [-0.05, 0) is 24.6 Å². The molecule has 1 fully saturated rings. The lowest BCUT2D eigenvalue weighted by Crippen LogP contribution is -2.27. The lowest BCUT2D eigenvalue weighted by molar-refractivity contribution is -0.117. The maximum Gasteiger partial charge on any atom is 0.276 e. The minimum absolute atomic E-state index is 0.0439. The molecule has 0 saturated carbocycles. The first-order chi connectivity index (χ1) is 13.1. The smallest absolute Gasteiger partial charge is 0.276 e. The van der Waals surface area contributed by atoms with Gasteiger partial charge in [0, 0.05) is 25.4 Å². The van der Waals surface area contributed by atoms with Gasteiger partial charge in [-0.2, -0.15) is 5.10 Å². The SMILES string of the molecule is Cn1nc(C(=O)Nc2ccccc2N2CCCC2=O)c2ccccc2c1=O. The lowest BCUT2D eigenvalue weighted by atomic mass is 10.1. The molecule has 4 rings (SSSR count). The van der Waals surface area contributed by atoms with Crippen molar-refractivity contribution < 1.29 is 9.59 Å². The van der Waals surface area contributed by atoms with Crippen LogP contribution >= 0.6 is 0 Å². The minimum atomic E-state index is -0.430. The van der Waals surface area contributed by atoms with Gasteiger partial charge in [-0.1, -0.05) is 30.3 Å². The zero-order valence-electron chi connectivity index (χ0n) is 14.8. The first-order valence-corrected chi connectivity index (χ1v) is 8.73. The van der Waals surface area contributed by atoms with Gasteiger partial charge < -0.3 is 10.2 Å². The molecular formula is C20H18N4O3. The van der Waals surface area contributed by atoms with Gasteiger partial charge in [0.1, 0.15) is 0 Å². The third-order valence-corrected chi connectivity index (χ3v) is 4.69. The highest BCUT2D eigenvalue weighted by molar-refractivity contribution is 6.13. The van der Waals surface area contributed by atoms with Gasteiger partial charge in [0.15, 0.2) is 5.69 Å². The zero-order chi connectivity index (χ0) is 19.0. The molecule has 0 bridgehead atoms. The Morgan fingerprint density at radius 3 is 2.48 bits per heavy atom. The van der Waals surface area contributed by atoms with Crippen molar-refractivity contribution in [2.75, 3.05) is 16.8 Å². The maximum absolute atomic E-state index is 12.9. The number of nitrogens with one attached hydrogen (secondary N) is 1. The van der Waals surface area contributed by atoms with Crippen molar-refractivity contribution in [2.24, 2.45) is 7.05 Å². The largest absolute Gasteiger partial charge is 0.319 e. The highest BCUT2D eigenvalue weighted by atomic mass is 16.2. The number of fused-ring (bicyclic) bond motifs is 1. The van der Waals surface area contributed by atoms with Crippen molar-refractivity contribution in [3.8, 4) is 0 Å². The van der Waals surface area contributed by atoms with E-state index in [-0.39, 0.29) is 17.2 Å². The first-order valence-electron chi connectivity index (χ1n) is 8.73. The summed E-state index contributed by atoms with van der Waals surface area (Å²) in [6.07, 6.45) is 1.31. The van der Waals surface area contributed by atoms with Crippen molar-refractivity contribution in [1.29, 1.82) is 0 Å². The number of aryl methyl sites for hydroxylation is 1. The highest BCUT2D eigenvalue weighted by Crippen LogP contribution is 2.29. The number of benzene rings is 2. The second kappa shape index (κ2) is 6.68. The Kier molecular flexibility index (Phi) is 4.19. The Bertz CT molecular complexity index is 1120. The van der Waals surface area contributed by atoms with Crippen LogP contribution < -0.4 is 15.8 Å². The van der Waals surface area contributed by atoms with Crippen molar-refractivity contribution in [3.05, 3.63) is 64.6 Å². The molecule has 7 nitrogen and oxygen atoms in total. The molecule has 1 N–H and O–H groups in total. The third kappa shape index (κ3) is 2.97. The van der Waals surface area contributed by atoms with E-state index in [9.17, 15) is 14.4 Å². The molecular weight excluding hydrogens is 344 g/mol. The van der Waals surface area contributed by atoms with Gasteiger partial charge in [0.2, 0.25) is 5.91 Å². The molecule has 27 heavy (non-hydrogen) atoms. The third-order valence-electron chi connectivity index (χ3n) is 4.69. The minimum Gasteiger partial charge on any atom is -0.319 e. The van der Waals surface area contributed by atoms with Crippen LogP contribution in [0.4, 0.5) is 11.4 Å². The van der Waals surface area contributed by atoms with E-state index < -0.39 is 5.91 Å². The van der Waals surface area contributed by atoms with Crippen molar-refractivity contribution in [3.63, 3.8) is 0 Å². The summed E-state index contributed by atoms with van der Waals surface area (Å²) < 4.78 is 1.16. The summed E-state index contributed by atoms with van der Waals surface area (Å²) in [7, 11) is 1.52. The molecule has 0 unspecified atom stereocenters. The highest BCUT2D eigenvalue weighted by Gasteiger charge is 2.25. The average molecular weight is 362 g/mol. The fourth-order valence-corrected chi connectivity index (χ4v) is 3.37. The molecule has 2 aromatic carbocycles. The van der Waals surface area contributed by atoms with Crippen molar-refractivity contribution >= 4 is 34.0 Å². The van der Waals surface area contributed by atoms with Crippen LogP contribution in [0.5, 0.6) is 0 Å². The van der Waals surface area contributed by atoms with Crippen LogP contribution in [0.1, 0.15) is 23.3 Å². The van der Waals surface area contributed by atoms with Crippen LogP contribution in [0.25, 0.3) is 10.8 Å². The summed E-state index contributed by atoms with van der Waals surface area (Å²) in [6, 6.07) is 14.1. The summed E-state index contributed by atoms with van der Waals surface area (Å²) in [4.78, 5) is 39.0. The van der Waals surface area contributed by atoms with Gasteiger partial charge in [0.25, 0.3) is 11.5 Å². The van der Waals surface area contributed by atoms with Crippen LogP contribution in [0.15, 0.2) is 53.3 Å². The van der Waals surface area contributed by atoms with E-state index in [1.807, 2.05) is 12.1 Å². The Balaban J connectivity index is 1.75. The molecule has 2 amide bonds. The summed E-state index contributed by atoms with van der Waals surface area (Å²) in [5.74, 6) is -0.386. The standard InChI is InChI=1S/C20H18N4O3/c1-23-20(27)14-8-3-2-7-13(14)18(22-23)19(26)21-15-9-4-5-10-16(15)24-12-6-11-17(24)25/h2-5,7-10H,6,11-12H2,1H3,(H,21,26). The molecule has 1 aliphatic rings. The Hall–Kier alpha value is -3.48. The van der Waals surface area contributed by atoms with Gasteiger partial charge in [-0.15, -0.1) is 0 Å². The fraction of sp³-hybridized carbons (Fsp3) is 0.200. The number of carbonyl (C=O) groups excluding carboxylic acids is 2. The Morgan fingerprint density at radius 1 is 1.04 bits per heavy atom. The van der Waals surface area contributed by atoms with Gasteiger partial charge in [-0.3, -0.25) is 14.4 Å². The number of para-hydroxylation sites is 2. The molecule has 2 heterocycles. The average Bonchev–Trinajstić information content (AvgIpc) is 3.11. The second-order valence-electron chi connectivity index (χ2n) is 6.44. The number of aromatic nitrogens is 2. The monoisotopic (exact) mass is 362 g/mol. The quantitative estimate of drug-likeness (QED) is 0.775. The number of nitrogens with zero attached hydrogens (tertiary/aromatic N) is 3. The van der Waals surface area contributed by atoms with E-state index in [1.165, 1.54) is 7.05 Å². The van der Waals surface area contributed by atoms with Crippen LogP contribution in [0.3, 0.4) is 0 Å². The Morgan fingerprint density at radius 2 is 1.74 bits per heavy atom. The van der Waals surface area contributed by atoms with Gasteiger partial charge in [-0.25, -0.2) is 4.68 Å². The number of carbonyl (C=O) groups is 2. The Labute approximate surface area is 155 Å².